The molecule has 0 spiro atoms. The molecule has 20 heavy (non-hydrogen) atoms. The smallest absolute Gasteiger partial charge is 0.200 e. The van der Waals surface area contributed by atoms with E-state index in [1.165, 1.54) is 10.9 Å². The van der Waals surface area contributed by atoms with Crippen LogP contribution in [0.2, 0.25) is 0 Å². The van der Waals surface area contributed by atoms with E-state index in [9.17, 15) is 10.2 Å². The van der Waals surface area contributed by atoms with Crippen LogP contribution < -0.4 is 5.73 Å². The molecular formula is C10H13N5O4S. The number of nitrogen functional groups attached to an aromatic ring is 1. The molecule has 0 amide bonds. The highest BCUT2D eigenvalue weighted by Gasteiger charge is 2.43. The van der Waals surface area contributed by atoms with Crippen molar-refractivity contribution in [1.29, 1.82) is 0 Å². The summed E-state index contributed by atoms with van der Waals surface area (Å²) in [6, 6.07) is 0. The lowest BCUT2D eigenvalue weighted by Crippen LogP contribution is -2.33. The fourth-order valence-electron chi connectivity index (χ4n) is 2.28. The van der Waals surface area contributed by atoms with Crippen molar-refractivity contribution in [3.63, 3.8) is 0 Å². The zero-order chi connectivity index (χ0) is 14.4. The summed E-state index contributed by atoms with van der Waals surface area (Å²) in [5.74, 6) is 0.133. The second kappa shape index (κ2) is 4.75. The summed E-state index contributed by atoms with van der Waals surface area (Å²) in [4.78, 5) is 10.7. The van der Waals surface area contributed by atoms with Crippen molar-refractivity contribution < 1.29 is 20.1 Å². The van der Waals surface area contributed by atoms with E-state index in [0.29, 0.717) is 11.2 Å². The molecule has 3 rings (SSSR count). The first-order valence-corrected chi connectivity index (χ1v) is 6.28. The third kappa shape index (κ3) is 1.89. The van der Waals surface area contributed by atoms with Crippen molar-refractivity contribution in [2.45, 2.75) is 24.5 Å². The van der Waals surface area contributed by atoms with Gasteiger partial charge in [-0.05, 0) is 0 Å². The molecule has 1 saturated heterocycles. The van der Waals surface area contributed by atoms with E-state index in [1.54, 1.807) is 0 Å². The van der Waals surface area contributed by atoms with Crippen LogP contribution >= 0.6 is 12.2 Å². The van der Waals surface area contributed by atoms with Crippen LogP contribution in [-0.2, 0) is 4.74 Å². The van der Waals surface area contributed by atoms with Crippen LogP contribution in [0, 0.1) is 4.64 Å². The number of hydrogen-bond acceptors (Lipinski definition) is 8. The molecule has 0 saturated carbocycles. The van der Waals surface area contributed by atoms with E-state index in [2.05, 4.69) is 15.0 Å². The van der Waals surface area contributed by atoms with E-state index >= 15 is 0 Å². The molecule has 108 valence electrons. The minimum atomic E-state index is -1.21. The zero-order valence-electron chi connectivity index (χ0n) is 10.2. The lowest BCUT2D eigenvalue weighted by molar-refractivity contribution is -0.0509. The van der Waals surface area contributed by atoms with E-state index in [1.807, 2.05) is 0 Å². The first-order chi connectivity index (χ1) is 9.52. The van der Waals surface area contributed by atoms with Gasteiger partial charge < -0.3 is 30.8 Å². The number of ether oxygens (including phenoxy) is 1. The van der Waals surface area contributed by atoms with E-state index < -0.39 is 31.1 Å². The molecule has 0 aliphatic carbocycles. The summed E-state index contributed by atoms with van der Waals surface area (Å²) in [5, 5.41) is 28.9. The summed E-state index contributed by atoms with van der Waals surface area (Å²) in [6.07, 6.45) is -2.78. The van der Waals surface area contributed by atoms with Crippen LogP contribution in [-0.4, -0.2) is 59.8 Å². The molecule has 9 nitrogen and oxygen atoms in total. The number of hydrogen-bond donors (Lipinski definition) is 5. The van der Waals surface area contributed by atoms with Gasteiger partial charge in [0.05, 0.1) is 12.9 Å². The van der Waals surface area contributed by atoms with Crippen molar-refractivity contribution in [3.05, 3.63) is 11.0 Å². The summed E-state index contributed by atoms with van der Waals surface area (Å²) in [7, 11) is 0. The fraction of sp³-hybridized carbons (Fsp3) is 0.500. The molecule has 10 heteroatoms. The van der Waals surface area contributed by atoms with Crippen LogP contribution in [0.15, 0.2) is 6.33 Å². The Kier molecular flexibility index (Phi) is 3.18. The minimum absolute atomic E-state index is 0.133. The van der Waals surface area contributed by atoms with E-state index in [0.717, 1.165) is 0 Å². The number of aromatic amines is 1. The van der Waals surface area contributed by atoms with Crippen LogP contribution in [0.4, 0.5) is 5.95 Å². The topological polar surface area (TPSA) is 142 Å². The Bertz CT molecular complexity index is 701. The molecule has 2 aromatic rings. The molecule has 1 unspecified atom stereocenters. The third-order valence-electron chi connectivity index (χ3n) is 3.26. The summed E-state index contributed by atoms with van der Waals surface area (Å²) < 4.78 is 7.09. The Labute approximate surface area is 117 Å². The number of H-pyrrole nitrogens is 1. The summed E-state index contributed by atoms with van der Waals surface area (Å²) in [5.41, 5.74) is 6.38. The number of aliphatic hydroxyl groups excluding tert-OH is 3. The first-order valence-electron chi connectivity index (χ1n) is 5.87. The molecular weight excluding hydrogens is 286 g/mol. The zero-order valence-corrected chi connectivity index (χ0v) is 11.0. The lowest BCUT2D eigenvalue weighted by Gasteiger charge is -2.16. The Hall–Kier alpha value is -1.59. The van der Waals surface area contributed by atoms with Gasteiger partial charge in [0.1, 0.15) is 23.8 Å². The van der Waals surface area contributed by atoms with Gasteiger partial charge in [0.25, 0.3) is 0 Å². The molecule has 1 fully saturated rings. The van der Waals surface area contributed by atoms with Gasteiger partial charge in [-0.3, -0.25) is 4.57 Å². The molecule has 0 radical (unpaired) electrons. The van der Waals surface area contributed by atoms with Crippen LogP contribution in [0.3, 0.4) is 0 Å². The molecule has 0 bridgehead atoms. The predicted molar refractivity (Wildman–Crippen MR) is 70.1 cm³/mol. The average molecular weight is 299 g/mol. The van der Waals surface area contributed by atoms with Gasteiger partial charge >= 0.3 is 0 Å². The number of imidazole rings is 1. The second-order valence-corrected chi connectivity index (χ2v) is 4.89. The van der Waals surface area contributed by atoms with Crippen LogP contribution in [0.5, 0.6) is 0 Å². The maximum atomic E-state index is 10.0. The minimum Gasteiger partial charge on any atom is -0.394 e. The van der Waals surface area contributed by atoms with Crippen molar-refractivity contribution in [2.75, 3.05) is 12.3 Å². The van der Waals surface area contributed by atoms with E-state index in [-0.39, 0.29) is 10.6 Å². The van der Waals surface area contributed by atoms with Gasteiger partial charge in [0.2, 0.25) is 5.95 Å². The number of fused-ring (bicyclic) bond motifs is 1. The Morgan fingerprint density at radius 3 is 2.85 bits per heavy atom. The van der Waals surface area contributed by atoms with Gasteiger partial charge in [-0.25, -0.2) is 9.97 Å². The molecule has 0 aromatic carbocycles. The molecule has 1 aliphatic heterocycles. The molecule has 2 aromatic heterocycles. The van der Waals surface area contributed by atoms with Gasteiger partial charge in [-0.1, -0.05) is 12.2 Å². The van der Waals surface area contributed by atoms with Crippen molar-refractivity contribution in [3.8, 4) is 0 Å². The highest BCUT2D eigenvalue weighted by Crippen LogP contribution is 2.31. The van der Waals surface area contributed by atoms with Crippen molar-refractivity contribution in [1.82, 2.24) is 19.5 Å². The third-order valence-corrected chi connectivity index (χ3v) is 3.54. The number of rotatable bonds is 2. The summed E-state index contributed by atoms with van der Waals surface area (Å²) in [6.45, 7) is -0.403. The summed E-state index contributed by atoms with van der Waals surface area (Å²) >= 11 is 5.12. The number of nitrogens with zero attached hydrogens (tertiary/aromatic N) is 3. The molecule has 6 N–H and O–H groups in total. The highest BCUT2D eigenvalue weighted by atomic mass is 32.1. The van der Waals surface area contributed by atoms with Gasteiger partial charge in [0.15, 0.2) is 16.5 Å². The van der Waals surface area contributed by atoms with Gasteiger partial charge in [-0.2, -0.15) is 0 Å². The largest absolute Gasteiger partial charge is 0.394 e. The number of aliphatic hydroxyl groups is 3. The molecule has 4 atom stereocenters. The van der Waals surface area contributed by atoms with Gasteiger partial charge in [0, 0.05) is 0 Å². The molecule has 3 heterocycles. The number of nitrogens with two attached hydrogens (primary N) is 1. The van der Waals surface area contributed by atoms with Crippen LogP contribution in [0.25, 0.3) is 11.2 Å². The lowest BCUT2D eigenvalue weighted by atomic mass is 10.1. The number of aromatic nitrogens is 4. The Morgan fingerprint density at radius 2 is 2.20 bits per heavy atom. The monoisotopic (exact) mass is 299 g/mol. The van der Waals surface area contributed by atoms with E-state index in [4.69, 9.17) is 27.8 Å². The maximum Gasteiger partial charge on any atom is 0.200 e. The molecule has 1 aliphatic rings. The Morgan fingerprint density at radius 1 is 1.45 bits per heavy atom. The predicted octanol–water partition coefficient (Wildman–Crippen LogP) is -1.32. The highest BCUT2D eigenvalue weighted by molar-refractivity contribution is 7.71. The standard InChI is InChI=1S/C10H13N5O4S/c11-10-13-7-4(8(20)14-10)15(2-12-7)9-6(18)5(17)3(1-16)19-9/h2-3,5-6,9,16-18H,1H2,(H3,11,13,14,20)/t3-,5-,6-,9?/m1/s1. The number of nitrogens with one attached hydrogen (secondary N) is 1. The Balaban J connectivity index is 2.10. The first kappa shape index (κ1) is 13.4. The average Bonchev–Trinajstić information content (AvgIpc) is 2.93. The fourth-order valence-corrected chi connectivity index (χ4v) is 2.58. The van der Waals surface area contributed by atoms with Crippen LogP contribution in [0.1, 0.15) is 6.23 Å². The van der Waals surface area contributed by atoms with Gasteiger partial charge in [-0.15, -0.1) is 0 Å². The second-order valence-electron chi connectivity index (χ2n) is 4.51. The van der Waals surface area contributed by atoms with Crippen molar-refractivity contribution in [2.24, 2.45) is 0 Å². The number of anilines is 1. The SMILES string of the molecule is Nc1nc(=S)c2c(ncn2C2O[C@H](CO)[C@@H](O)[C@H]2O)[nH]1. The quantitative estimate of drug-likeness (QED) is 0.430. The normalized spacial score (nSPS) is 30.1. The maximum absolute atomic E-state index is 10.0. The van der Waals surface area contributed by atoms with Crippen molar-refractivity contribution >= 4 is 29.3 Å².